The van der Waals surface area contributed by atoms with E-state index in [1.54, 1.807) is 11.5 Å². The number of ether oxygens (including phenoxy) is 2. The number of ketones is 1. The van der Waals surface area contributed by atoms with Crippen molar-refractivity contribution in [2.45, 2.75) is 83.1 Å². The number of carbonyl (C=O) groups is 1. The lowest BCUT2D eigenvalue weighted by Crippen LogP contribution is -2.68. The number of nitrogens with zero attached hydrogens (tertiary/aromatic N) is 2. The maximum atomic E-state index is 13.9. The van der Waals surface area contributed by atoms with Gasteiger partial charge in [-0.05, 0) is 68.2 Å². The SMILES string of the molecule is COc1ccc2c(c1)OC[C@@H]1Cn3c-2c(C2CCCCC2)c2ccc(cc23)CN(SC)NC(C)(C(=O)C(F)F)NC1C. The van der Waals surface area contributed by atoms with Gasteiger partial charge >= 0.3 is 0 Å². The van der Waals surface area contributed by atoms with Gasteiger partial charge in [0.05, 0.1) is 19.4 Å². The lowest BCUT2D eigenvalue weighted by molar-refractivity contribution is -0.139. The quantitative estimate of drug-likeness (QED) is 0.325. The van der Waals surface area contributed by atoms with E-state index in [1.165, 1.54) is 60.3 Å². The fraction of sp³-hybridized carbons (Fsp3) is 0.531. The molecule has 2 N–H and O–H groups in total. The Labute approximate surface area is 250 Å². The zero-order valence-electron chi connectivity index (χ0n) is 24.7. The average Bonchev–Trinajstić information content (AvgIpc) is 3.29. The molecular formula is C32H40F2N4O3S. The summed E-state index contributed by atoms with van der Waals surface area (Å²) in [4.78, 5) is 13.0. The Bertz CT molecular complexity index is 1470. The van der Waals surface area contributed by atoms with Gasteiger partial charge < -0.3 is 14.0 Å². The van der Waals surface area contributed by atoms with Crippen LogP contribution in [0.5, 0.6) is 11.5 Å². The summed E-state index contributed by atoms with van der Waals surface area (Å²) in [5, 5.41) is 4.54. The summed E-state index contributed by atoms with van der Waals surface area (Å²) in [7, 11) is 1.65. The summed E-state index contributed by atoms with van der Waals surface area (Å²) in [6.45, 7) is 4.85. The van der Waals surface area contributed by atoms with E-state index in [1.807, 2.05) is 25.3 Å². The Morgan fingerprint density at radius 2 is 1.95 bits per heavy atom. The fourth-order valence-electron chi connectivity index (χ4n) is 7.05. The number of fused-ring (bicyclic) bond motifs is 4. The highest BCUT2D eigenvalue weighted by Gasteiger charge is 2.43. The van der Waals surface area contributed by atoms with Crippen LogP contribution in [0.15, 0.2) is 36.4 Å². The summed E-state index contributed by atoms with van der Waals surface area (Å²) in [5.41, 5.74) is 7.23. The minimum atomic E-state index is -3.12. The molecule has 3 aliphatic rings. The number of hydrogen-bond acceptors (Lipinski definition) is 7. The minimum Gasteiger partial charge on any atom is -0.497 e. The van der Waals surface area contributed by atoms with Gasteiger partial charge in [-0.3, -0.25) is 10.1 Å². The molecule has 1 aliphatic carbocycles. The first-order valence-electron chi connectivity index (χ1n) is 14.9. The minimum absolute atomic E-state index is 0.129. The van der Waals surface area contributed by atoms with Gasteiger partial charge in [0.15, 0.2) is 0 Å². The van der Waals surface area contributed by atoms with Crippen LogP contribution in [0.3, 0.4) is 0 Å². The number of Topliss-reactive ketones (excluding diaryl/α,β-unsaturated/α-hetero) is 1. The van der Waals surface area contributed by atoms with Crippen molar-refractivity contribution in [3.63, 3.8) is 0 Å². The van der Waals surface area contributed by atoms with E-state index in [-0.39, 0.29) is 12.0 Å². The summed E-state index contributed by atoms with van der Waals surface area (Å²) in [6.07, 6.45) is 4.76. The van der Waals surface area contributed by atoms with Crippen molar-refractivity contribution in [2.75, 3.05) is 20.0 Å². The van der Waals surface area contributed by atoms with E-state index < -0.39 is 17.9 Å². The highest BCUT2D eigenvalue weighted by Crippen LogP contribution is 2.48. The second kappa shape index (κ2) is 11.8. The zero-order valence-corrected chi connectivity index (χ0v) is 25.5. The third-order valence-corrected chi connectivity index (χ3v) is 9.97. The van der Waals surface area contributed by atoms with E-state index in [0.717, 1.165) is 29.7 Å². The third kappa shape index (κ3) is 5.31. The number of halogens is 2. The van der Waals surface area contributed by atoms with E-state index in [0.29, 0.717) is 31.4 Å². The highest BCUT2D eigenvalue weighted by molar-refractivity contribution is 7.96. The largest absolute Gasteiger partial charge is 0.497 e. The van der Waals surface area contributed by atoms with Crippen LogP contribution in [-0.2, 0) is 17.9 Å². The molecule has 7 nitrogen and oxygen atoms in total. The molecule has 2 aliphatic heterocycles. The second-order valence-electron chi connectivity index (χ2n) is 12.0. The molecule has 1 aromatic heterocycles. The molecule has 4 bridgehead atoms. The Kier molecular flexibility index (Phi) is 8.26. The van der Waals surface area contributed by atoms with E-state index >= 15 is 0 Å². The van der Waals surface area contributed by atoms with Gasteiger partial charge in [-0.25, -0.2) is 14.2 Å². The molecule has 1 fully saturated rings. The number of benzene rings is 2. The van der Waals surface area contributed by atoms with Crippen molar-refractivity contribution >= 4 is 28.6 Å². The highest BCUT2D eigenvalue weighted by atomic mass is 32.2. The van der Waals surface area contributed by atoms with Crippen molar-refractivity contribution in [2.24, 2.45) is 5.92 Å². The zero-order chi connectivity index (χ0) is 29.6. The van der Waals surface area contributed by atoms with Crippen molar-refractivity contribution in [1.29, 1.82) is 0 Å². The maximum absolute atomic E-state index is 13.9. The Hall–Kier alpha value is -2.66. The summed E-state index contributed by atoms with van der Waals surface area (Å²) >= 11 is 1.36. The number of aromatic nitrogens is 1. The van der Waals surface area contributed by atoms with Crippen molar-refractivity contribution in [3.8, 4) is 22.8 Å². The van der Waals surface area contributed by atoms with Crippen LogP contribution in [0.4, 0.5) is 8.78 Å². The number of hydrogen-bond donors (Lipinski definition) is 2. The average molecular weight is 599 g/mol. The predicted molar refractivity (Wildman–Crippen MR) is 163 cm³/mol. The van der Waals surface area contributed by atoms with Crippen LogP contribution in [-0.4, -0.2) is 52.9 Å². The van der Waals surface area contributed by atoms with Gasteiger partial charge in [-0.1, -0.05) is 43.3 Å². The molecule has 1 saturated carbocycles. The van der Waals surface area contributed by atoms with E-state index in [2.05, 4.69) is 39.6 Å². The topological polar surface area (TPSA) is 67.8 Å². The molecule has 2 unspecified atom stereocenters. The molecule has 0 saturated heterocycles. The molecule has 2 aromatic carbocycles. The number of carbonyl (C=O) groups excluding carboxylic acids is 1. The molecule has 6 rings (SSSR count). The van der Waals surface area contributed by atoms with Gasteiger partial charge in [0.2, 0.25) is 5.78 Å². The molecule has 42 heavy (non-hydrogen) atoms. The lowest BCUT2D eigenvalue weighted by Gasteiger charge is -2.40. The van der Waals surface area contributed by atoms with Gasteiger partial charge in [-0.15, -0.1) is 0 Å². The first-order chi connectivity index (χ1) is 20.2. The first-order valence-corrected chi connectivity index (χ1v) is 16.1. The van der Waals surface area contributed by atoms with E-state index in [4.69, 9.17) is 9.47 Å². The molecule has 0 amide bonds. The summed E-state index contributed by atoms with van der Waals surface area (Å²) < 4.78 is 44.2. The van der Waals surface area contributed by atoms with Crippen molar-refractivity contribution < 1.29 is 23.0 Å². The Morgan fingerprint density at radius 3 is 2.67 bits per heavy atom. The number of hydrazine groups is 1. The van der Waals surface area contributed by atoms with Crippen LogP contribution < -0.4 is 20.2 Å². The predicted octanol–water partition coefficient (Wildman–Crippen LogP) is 6.50. The Balaban J connectivity index is 1.59. The monoisotopic (exact) mass is 598 g/mol. The second-order valence-corrected chi connectivity index (χ2v) is 12.9. The van der Waals surface area contributed by atoms with Gasteiger partial charge in [0.25, 0.3) is 6.43 Å². The number of rotatable bonds is 5. The molecule has 0 spiro atoms. The molecule has 10 heteroatoms. The third-order valence-electron chi connectivity index (χ3n) is 9.30. The molecule has 3 atom stereocenters. The molecule has 3 aromatic rings. The fourth-order valence-corrected chi connectivity index (χ4v) is 7.60. The van der Waals surface area contributed by atoms with E-state index in [9.17, 15) is 13.6 Å². The summed E-state index contributed by atoms with van der Waals surface area (Å²) in [5.74, 6) is 0.587. The van der Waals surface area contributed by atoms with Crippen LogP contribution in [0.25, 0.3) is 22.2 Å². The number of methoxy groups -OCH3 is 1. The molecule has 3 heterocycles. The molecule has 0 radical (unpaired) electrons. The number of alkyl halides is 2. The van der Waals surface area contributed by atoms with Crippen LogP contribution in [0.1, 0.15) is 63.0 Å². The van der Waals surface area contributed by atoms with Crippen molar-refractivity contribution in [3.05, 3.63) is 47.5 Å². The normalized spacial score (nSPS) is 25.4. The van der Waals surface area contributed by atoms with Gasteiger partial charge in [0, 0.05) is 47.6 Å². The standard InChI is InChI=1S/C32H40F2N4O3S/c1-19-22-17-37-26-14-20(16-38(42-4)36-32(2,35-19)30(39)31(33)34)10-12-24(26)28(21-8-6-5-7-9-21)29(37)25-13-11-23(40-3)15-27(25)41-18-22/h10-15,19,21-22,31,35-36H,5-9,16-18H2,1-4H3/t19?,22-,32?/m0/s1. The van der Waals surface area contributed by atoms with Gasteiger partial charge in [-0.2, -0.15) is 4.41 Å². The Morgan fingerprint density at radius 1 is 1.17 bits per heavy atom. The molecular weight excluding hydrogens is 558 g/mol. The van der Waals surface area contributed by atoms with Crippen LogP contribution in [0.2, 0.25) is 0 Å². The van der Waals surface area contributed by atoms with Crippen molar-refractivity contribution in [1.82, 2.24) is 19.7 Å². The first kappa shape index (κ1) is 29.4. The molecule has 226 valence electrons. The smallest absolute Gasteiger partial charge is 0.299 e. The van der Waals surface area contributed by atoms with Gasteiger partial charge in [0.1, 0.15) is 17.2 Å². The summed E-state index contributed by atoms with van der Waals surface area (Å²) in [6, 6.07) is 12.3. The lowest BCUT2D eigenvalue weighted by atomic mass is 9.81. The maximum Gasteiger partial charge on any atom is 0.299 e. The van der Waals surface area contributed by atoms with Crippen LogP contribution in [0, 0.1) is 5.92 Å². The van der Waals surface area contributed by atoms with Crippen LogP contribution >= 0.6 is 11.9 Å². The number of nitrogens with one attached hydrogen (secondary N) is 2.